The number of benzene rings is 1. The van der Waals surface area contributed by atoms with Crippen LogP contribution in [-0.2, 0) is 0 Å². The molecule has 4 nitrogen and oxygen atoms in total. The molecule has 0 aliphatic heterocycles. The van der Waals surface area contributed by atoms with Gasteiger partial charge in [-0.15, -0.1) is 0 Å². The van der Waals surface area contributed by atoms with Crippen LogP contribution in [0.5, 0.6) is 11.5 Å². The standard InChI is InChI=1S/C15H26N2O2/c1-11(2)7-5-8-12(17-16)15-13(18-3)9-6-10-14(15)19-4/h6,9-12,17H,5,7-8,16H2,1-4H3. The lowest BCUT2D eigenvalue weighted by Crippen LogP contribution is -2.28. The molecular formula is C15H26N2O2. The first kappa shape index (κ1) is 15.8. The van der Waals surface area contributed by atoms with Gasteiger partial charge in [-0.1, -0.05) is 32.8 Å². The van der Waals surface area contributed by atoms with Gasteiger partial charge in [0.05, 0.1) is 25.8 Å². The van der Waals surface area contributed by atoms with Crippen molar-refractivity contribution in [2.45, 2.75) is 39.2 Å². The number of nitrogens with one attached hydrogen (secondary N) is 1. The van der Waals surface area contributed by atoms with Crippen LogP contribution in [-0.4, -0.2) is 14.2 Å². The summed E-state index contributed by atoms with van der Waals surface area (Å²) in [5.74, 6) is 8.04. The highest BCUT2D eigenvalue weighted by Gasteiger charge is 2.19. The van der Waals surface area contributed by atoms with Gasteiger partial charge in [0.1, 0.15) is 11.5 Å². The first-order valence-electron chi connectivity index (χ1n) is 6.81. The lowest BCUT2D eigenvalue weighted by atomic mass is 9.97. The first-order chi connectivity index (χ1) is 9.13. The second-order valence-corrected chi connectivity index (χ2v) is 5.12. The summed E-state index contributed by atoms with van der Waals surface area (Å²) in [4.78, 5) is 0. The molecule has 19 heavy (non-hydrogen) atoms. The molecule has 0 aliphatic rings. The summed E-state index contributed by atoms with van der Waals surface area (Å²) < 4.78 is 10.8. The summed E-state index contributed by atoms with van der Waals surface area (Å²) >= 11 is 0. The van der Waals surface area contributed by atoms with Crippen molar-refractivity contribution in [1.29, 1.82) is 0 Å². The van der Waals surface area contributed by atoms with Gasteiger partial charge in [-0.2, -0.15) is 0 Å². The van der Waals surface area contributed by atoms with E-state index in [1.807, 2.05) is 18.2 Å². The van der Waals surface area contributed by atoms with Gasteiger partial charge in [-0.25, -0.2) is 0 Å². The minimum Gasteiger partial charge on any atom is -0.496 e. The zero-order valence-corrected chi connectivity index (χ0v) is 12.4. The third kappa shape index (κ3) is 4.40. The van der Waals surface area contributed by atoms with Gasteiger partial charge in [0.25, 0.3) is 0 Å². The van der Waals surface area contributed by atoms with E-state index in [2.05, 4.69) is 19.3 Å². The third-order valence-corrected chi connectivity index (χ3v) is 3.29. The van der Waals surface area contributed by atoms with Gasteiger partial charge in [0, 0.05) is 0 Å². The van der Waals surface area contributed by atoms with Crippen LogP contribution >= 0.6 is 0 Å². The summed E-state index contributed by atoms with van der Waals surface area (Å²) in [7, 11) is 3.33. The van der Waals surface area contributed by atoms with E-state index in [-0.39, 0.29) is 6.04 Å². The normalized spacial score (nSPS) is 12.5. The van der Waals surface area contributed by atoms with Crippen molar-refractivity contribution >= 4 is 0 Å². The van der Waals surface area contributed by atoms with Crippen LogP contribution in [0.25, 0.3) is 0 Å². The van der Waals surface area contributed by atoms with E-state index in [9.17, 15) is 0 Å². The maximum absolute atomic E-state index is 5.71. The molecule has 1 aromatic carbocycles. The Kier molecular flexibility index (Phi) is 6.67. The second kappa shape index (κ2) is 8.02. The fourth-order valence-electron chi connectivity index (χ4n) is 2.26. The van der Waals surface area contributed by atoms with Gasteiger partial charge in [0.15, 0.2) is 0 Å². The van der Waals surface area contributed by atoms with Crippen LogP contribution < -0.4 is 20.7 Å². The van der Waals surface area contributed by atoms with E-state index in [0.29, 0.717) is 5.92 Å². The van der Waals surface area contributed by atoms with Gasteiger partial charge in [-0.05, 0) is 24.5 Å². The smallest absolute Gasteiger partial charge is 0.127 e. The highest BCUT2D eigenvalue weighted by atomic mass is 16.5. The predicted octanol–water partition coefficient (Wildman–Crippen LogP) is 3.03. The highest BCUT2D eigenvalue weighted by molar-refractivity contribution is 5.46. The predicted molar refractivity (Wildman–Crippen MR) is 78.3 cm³/mol. The van der Waals surface area contributed by atoms with Crippen LogP contribution in [0.15, 0.2) is 18.2 Å². The fourth-order valence-corrected chi connectivity index (χ4v) is 2.26. The number of nitrogens with two attached hydrogens (primary N) is 1. The molecule has 1 aromatic rings. The molecule has 0 aromatic heterocycles. The molecular weight excluding hydrogens is 240 g/mol. The van der Waals surface area contributed by atoms with E-state index >= 15 is 0 Å². The topological polar surface area (TPSA) is 56.5 Å². The van der Waals surface area contributed by atoms with Gasteiger partial charge in [0.2, 0.25) is 0 Å². The number of hydrogen-bond acceptors (Lipinski definition) is 4. The Labute approximate surface area is 116 Å². The number of hydrazine groups is 1. The van der Waals surface area contributed by atoms with Gasteiger partial charge >= 0.3 is 0 Å². The van der Waals surface area contributed by atoms with Crippen molar-refractivity contribution < 1.29 is 9.47 Å². The van der Waals surface area contributed by atoms with Crippen LogP contribution in [0.2, 0.25) is 0 Å². The summed E-state index contributed by atoms with van der Waals surface area (Å²) in [5.41, 5.74) is 3.88. The summed E-state index contributed by atoms with van der Waals surface area (Å²) in [6.45, 7) is 4.46. The molecule has 0 fully saturated rings. The fraction of sp³-hybridized carbons (Fsp3) is 0.600. The average Bonchev–Trinajstić information content (AvgIpc) is 2.42. The molecule has 3 N–H and O–H groups in total. The SMILES string of the molecule is COc1cccc(OC)c1C(CCCC(C)C)NN. The molecule has 1 unspecified atom stereocenters. The average molecular weight is 266 g/mol. The van der Waals surface area contributed by atoms with Gasteiger partial charge in [-0.3, -0.25) is 11.3 Å². The van der Waals surface area contributed by atoms with E-state index in [1.165, 1.54) is 6.42 Å². The second-order valence-electron chi connectivity index (χ2n) is 5.12. The summed E-state index contributed by atoms with van der Waals surface area (Å²) in [6, 6.07) is 5.84. The Morgan fingerprint density at radius 1 is 1.11 bits per heavy atom. The van der Waals surface area contributed by atoms with Crippen molar-refractivity contribution in [1.82, 2.24) is 5.43 Å². The van der Waals surface area contributed by atoms with Crippen molar-refractivity contribution in [3.8, 4) is 11.5 Å². The van der Waals surface area contributed by atoms with Crippen LogP contribution in [0.3, 0.4) is 0 Å². The Morgan fingerprint density at radius 3 is 2.11 bits per heavy atom. The Hall–Kier alpha value is -1.26. The molecule has 0 saturated carbocycles. The van der Waals surface area contributed by atoms with E-state index in [1.54, 1.807) is 14.2 Å². The molecule has 4 heteroatoms. The molecule has 1 rings (SSSR count). The van der Waals surface area contributed by atoms with Crippen molar-refractivity contribution in [2.24, 2.45) is 11.8 Å². The maximum Gasteiger partial charge on any atom is 0.127 e. The van der Waals surface area contributed by atoms with Crippen LogP contribution in [0, 0.1) is 5.92 Å². The number of rotatable bonds is 8. The third-order valence-electron chi connectivity index (χ3n) is 3.29. The zero-order chi connectivity index (χ0) is 14.3. The molecule has 0 saturated heterocycles. The molecule has 0 aliphatic carbocycles. The first-order valence-corrected chi connectivity index (χ1v) is 6.81. The zero-order valence-electron chi connectivity index (χ0n) is 12.4. The summed E-state index contributed by atoms with van der Waals surface area (Å²) in [6.07, 6.45) is 3.27. The maximum atomic E-state index is 5.71. The minimum absolute atomic E-state index is 0.0462. The molecule has 0 bridgehead atoms. The Balaban J connectivity index is 2.89. The lowest BCUT2D eigenvalue weighted by molar-refractivity contribution is 0.362. The van der Waals surface area contributed by atoms with E-state index in [4.69, 9.17) is 15.3 Å². The number of ether oxygens (including phenoxy) is 2. The van der Waals surface area contributed by atoms with Crippen LogP contribution in [0.4, 0.5) is 0 Å². The van der Waals surface area contributed by atoms with Crippen molar-refractivity contribution in [3.05, 3.63) is 23.8 Å². The van der Waals surface area contributed by atoms with Gasteiger partial charge < -0.3 is 9.47 Å². The molecule has 1 atom stereocenters. The molecule has 0 amide bonds. The van der Waals surface area contributed by atoms with Crippen molar-refractivity contribution in [2.75, 3.05) is 14.2 Å². The highest BCUT2D eigenvalue weighted by Crippen LogP contribution is 2.36. The Bertz CT molecular complexity index is 358. The molecule has 0 spiro atoms. The lowest BCUT2D eigenvalue weighted by Gasteiger charge is -2.21. The monoisotopic (exact) mass is 266 g/mol. The molecule has 0 heterocycles. The Morgan fingerprint density at radius 2 is 1.68 bits per heavy atom. The summed E-state index contributed by atoms with van der Waals surface area (Å²) in [5, 5.41) is 0. The quantitative estimate of drug-likeness (QED) is 0.561. The molecule has 0 radical (unpaired) electrons. The number of methoxy groups -OCH3 is 2. The minimum atomic E-state index is 0.0462. The molecule has 108 valence electrons. The van der Waals surface area contributed by atoms with Crippen molar-refractivity contribution in [3.63, 3.8) is 0 Å². The van der Waals surface area contributed by atoms with E-state index < -0.39 is 0 Å². The van der Waals surface area contributed by atoms with Crippen LogP contribution in [0.1, 0.15) is 44.7 Å². The number of hydrogen-bond donors (Lipinski definition) is 2. The largest absolute Gasteiger partial charge is 0.496 e. The van der Waals surface area contributed by atoms with E-state index in [0.717, 1.165) is 29.9 Å².